The molecule has 106 valence electrons. The fourth-order valence-electron chi connectivity index (χ4n) is 2.88. The molecule has 1 aromatic heterocycles. The number of nitrogens with zero attached hydrogens (tertiary/aromatic N) is 1. The Morgan fingerprint density at radius 3 is 3.00 bits per heavy atom. The van der Waals surface area contributed by atoms with Crippen LogP contribution in [0.4, 0.5) is 4.39 Å². The van der Waals surface area contributed by atoms with E-state index in [9.17, 15) is 14.3 Å². The molecule has 5 heteroatoms. The summed E-state index contributed by atoms with van der Waals surface area (Å²) < 4.78 is 14.8. The lowest BCUT2D eigenvalue weighted by Crippen LogP contribution is -2.20. The van der Waals surface area contributed by atoms with Gasteiger partial charge >= 0.3 is 5.97 Å². The molecule has 1 aliphatic rings. The van der Waals surface area contributed by atoms with Crippen LogP contribution in [0.5, 0.6) is 0 Å². The van der Waals surface area contributed by atoms with Gasteiger partial charge in [-0.15, -0.1) is 11.3 Å². The highest BCUT2D eigenvalue weighted by Gasteiger charge is 2.25. The molecule has 1 fully saturated rings. The van der Waals surface area contributed by atoms with Crippen molar-refractivity contribution in [3.63, 3.8) is 0 Å². The minimum Gasteiger partial charge on any atom is -0.477 e. The second-order valence-corrected chi connectivity index (χ2v) is 6.51. The predicted molar refractivity (Wildman–Crippen MR) is 77.8 cm³/mol. The number of carbonyl (C=O) groups is 1. The topological polar surface area (TPSA) is 40.5 Å². The predicted octanol–water partition coefficient (Wildman–Crippen LogP) is 3.58. The van der Waals surface area contributed by atoms with Gasteiger partial charge in [0, 0.05) is 28.7 Å². The third-order valence-electron chi connectivity index (χ3n) is 3.85. The summed E-state index contributed by atoms with van der Waals surface area (Å²) in [7, 11) is 0. The lowest BCUT2D eigenvalue weighted by atomic mass is 10.1. The zero-order valence-corrected chi connectivity index (χ0v) is 12.0. The van der Waals surface area contributed by atoms with Gasteiger partial charge in [-0.3, -0.25) is 4.90 Å². The molecule has 0 spiro atoms. The number of halogens is 1. The molecule has 1 atom stereocenters. The van der Waals surface area contributed by atoms with Crippen molar-refractivity contribution in [2.24, 2.45) is 5.92 Å². The van der Waals surface area contributed by atoms with Crippen molar-refractivity contribution in [3.8, 4) is 0 Å². The zero-order chi connectivity index (χ0) is 14.3. The maximum atomic E-state index is 14.1. The number of fused-ring (bicyclic) bond motifs is 1. The Hall–Kier alpha value is -1.46. The summed E-state index contributed by atoms with van der Waals surface area (Å²) in [4.78, 5) is 13.9. The summed E-state index contributed by atoms with van der Waals surface area (Å²) >= 11 is 1.16. The molecule has 1 aliphatic heterocycles. The normalized spacial score (nSPS) is 19.8. The first-order chi connectivity index (χ1) is 9.56. The monoisotopic (exact) mass is 293 g/mol. The fraction of sp³-hybridized carbons (Fsp3) is 0.400. The number of likely N-dealkylation sites (tertiary alicyclic amines) is 1. The second kappa shape index (κ2) is 5.14. The van der Waals surface area contributed by atoms with Crippen LogP contribution in [-0.4, -0.2) is 29.1 Å². The van der Waals surface area contributed by atoms with E-state index in [1.165, 1.54) is 6.07 Å². The van der Waals surface area contributed by atoms with Crippen molar-refractivity contribution in [1.29, 1.82) is 0 Å². The van der Waals surface area contributed by atoms with Crippen LogP contribution < -0.4 is 0 Å². The maximum absolute atomic E-state index is 14.1. The van der Waals surface area contributed by atoms with Crippen LogP contribution in [0, 0.1) is 11.7 Å². The van der Waals surface area contributed by atoms with Crippen LogP contribution in [0.1, 0.15) is 28.6 Å². The zero-order valence-electron chi connectivity index (χ0n) is 11.2. The number of carboxylic acid groups (broad SMARTS) is 1. The van der Waals surface area contributed by atoms with Crippen molar-refractivity contribution in [3.05, 3.63) is 34.5 Å². The van der Waals surface area contributed by atoms with Gasteiger partial charge in [0.05, 0.1) is 0 Å². The molecule has 0 radical (unpaired) electrons. The summed E-state index contributed by atoms with van der Waals surface area (Å²) in [5, 5.41) is 9.83. The van der Waals surface area contributed by atoms with Crippen LogP contribution in [0.25, 0.3) is 10.1 Å². The van der Waals surface area contributed by atoms with E-state index in [0.717, 1.165) is 30.8 Å². The van der Waals surface area contributed by atoms with Gasteiger partial charge in [0.15, 0.2) is 0 Å². The Bertz CT molecular complexity index is 667. The lowest BCUT2D eigenvalue weighted by Gasteiger charge is -2.15. The first-order valence-corrected chi connectivity index (χ1v) is 7.53. The van der Waals surface area contributed by atoms with E-state index in [2.05, 4.69) is 11.8 Å². The molecule has 3 rings (SSSR count). The molecule has 1 aromatic carbocycles. The summed E-state index contributed by atoms with van der Waals surface area (Å²) in [5.74, 6) is -0.667. The first-order valence-electron chi connectivity index (χ1n) is 6.72. The number of hydrogen-bond acceptors (Lipinski definition) is 3. The molecular weight excluding hydrogens is 277 g/mol. The Kier molecular flexibility index (Phi) is 3.48. The lowest BCUT2D eigenvalue weighted by molar-refractivity contribution is 0.0700. The molecule has 0 amide bonds. The standard InChI is InChI=1S/C15H16FNO2S/c1-9-5-6-17(7-9)8-10-13-11(16)3-2-4-12(13)20-14(10)15(18)19/h2-4,9H,5-8H2,1H3,(H,18,19). The Morgan fingerprint density at radius 1 is 1.55 bits per heavy atom. The highest BCUT2D eigenvalue weighted by molar-refractivity contribution is 7.21. The number of thiophene rings is 1. The van der Waals surface area contributed by atoms with Crippen molar-refractivity contribution >= 4 is 27.4 Å². The number of hydrogen-bond donors (Lipinski definition) is 1. The van der Waals surface area contributed by atoms with E-state index in [1.807, 2.05) is 0 Å². The Morgan fingerprint density at radius 2 is 2.35 bits per heavy atom. The smallest absolute Gasteiger partial charge is 0.346 e. The van der Waals surface area contributed by atoms with Gasteiger partial charge in [-0.1, -0.05) is 13.0 Å². The number of rotatable bonds is 3. The molecule has 0 aliphatic carbocycles. The molecular formula is C15H16FNO2S. The van der Waals surface area contributed by atoms with Crippen molar-refractivity contribution in [2.75, 3.05) is 13.1 Å². The number of benzene rings is 1. The van der Waals surface area contributed by atoms with Crippen LogP contribution in [0.2, 0.25) is 0 Å². The van der Waals surface area contributed by atoms with Crippen LogP contribution in [0.15, 0.2) is 18.2 Å². The van der Waals surface area contributed by atoms with Crippen molar-refractivity contribution in [2.45, 2.75) is 19.9 Å². The summed E-state index contributed by atoms with van der Waals surface area (Å²) in [6.07, 6.45) is 1.12. The van der Waals surface area contributed by atoms with Crippen molar-refractivity contribution < 1.29 is 14.3 Å². The Labute approximate surface area is 120 Å². The van der Waals surface area contributed by atoms with E-state index in [0.29, 0.717) is 28.1 Å². The van der Waals surface area contributed by atoms with Gasteiger partial charge in [-0.05, 0) is 31.0 Å². The third-order valence-corrected chi connectivity index (χ3v) is 5.03. The van der Waals surface area contributed by atoms with E-state index >= 15 is 0 Å². The second-order valence-electron chi connectivity index (χ2n) is 5.46. The summed E-state index contributed by atoms with van der Waals surface area (Å²) in [6, 6.07) is 4.81. The van der Waals surface area contributed by atoms with E-state index in [-0.39, 0.29) is 10.7 Å². The molecule has 20 heavy (non-hydrogen) atoms. The van der Waals surface area contributed by atoms with Crippen molar-refractivity contribution in [1.82, 2.24) is 4.90 Å². The molecule has 1 saturated heterocycles. The SMILES string of the molecule is CC1CCN(Cc2c(C(=O)O)sc3cccc(F)c23)C1. The number of carboxylic acids is 1. The molecule has 1 N–H and O–H groups in total. The van der Waals surface area contributed by atoms with E-state index in [4.69, 9.17) is 0 Å². The molecule has 2 heterocycles. The van der Waals surface area contributed by atoms with Gasteiger partial charge < -0.3 is 5.11 Å². The van der Waals surface area contributed by atoms with Gasteiger partial charge in [-0.25, -0.2) is 9.18 Å². The van der Waals surface area contributed by atoms with Crippen LogP contribution >= 0.6 is 11.3 Å². The van der Waals surface area contributed by atoms with Gasteiger partial charge in [0.2, 0.25) is 0 Å². The largest absolute Gasteiger partial charge is 0.477 e. The maximum Gasteiger partial charge on any atom is 0.346 e. The minimum atomic E-state index is -0.965. The van der Waals surface area contributed by atoms with E-state index in [1.54, 1.807) is 12.1 Å². The quantitative estimate of drug-likeness (QED) is 0.940. The molecule has 1 unspecified atom stereocenters. The highest BCUT2D eigenvalue weighted by atomic mass is 32.1. The van der Waals surface area contributed by atoms with Gasteiger partial charge in [-0.2, -0.15) is 0 Å². The fourth-order valence-corrected chi connectivity index (χ4v) is 3.95. The summed E-state index contributed by atoms with van der Waals surface area (Å²) in [5.41, 5.74) is 0.629. The average Bonchev–Trinajstić information content (AvgIpc) is 2.95. The minimum absolute atomic E-state index is 0.268. The van der Waals surface area contributed by atoms with Crippen LogP contribution in [-0.2, 0) is 6.54 Å². The van der Waals surface area contributed by atoms with Crippen LogP contribution in [0.3, 0.4) is 0 Å². The molecule has 2 aromatic rings. The Balaban J connectivity index is 2.06. The van der Waals surface area contributed by atoms with Gasteiger partial charge in [0.1, 0.15) is 10.7 Å². The summed E-state index contributed by atoms with van der Waals surface area (Å²) in [6.45, 7) is 4.61. The molecule has 3 nitrogen and oxygen atoms in total. The molecule has 0 bridgehead atoms. The molecule has 0 saturated carbocycles. The van der Waals surface area contributed by atoms with Gasteiger partial charge in [0.25, 0.3) is 0 Å². The average molecular weight is 293 g/mol. The van der Waals surface area contributed by atoms with E-state index < -0.39 is 5.97 Å². The third kappa shape index (κ3) is 2.31. The first kappa shape index (κ1) is 13.5. The highest BCUT2D eigenvalue weighted by Crippen LogP contribution is 2.35. The number of aromatic carboxylic acids is 1.